The third-order valence-corrected chi connectivity index (χ3v) is 2.93. The molecule has 0 unspecified atom stereocenters. The molecule has 1 rings (SSSR count). The Morgan fingerprint density at radius 3 is 2.73 bits per heavy atom. The van der Waals surface area contributed by atoms with Gasteiger partial charge in [0.2, 0.25) is 0 Å². The summed E-state index contributed by atoms with van der Waals surface area (Å²) in [6, 6.07) is 0. The fraction of sp³-hybridized carbons (Fsp3) is 0.727. The summed E-state index contributed by atoms with van der Waals surface area (Å²) in [5.41, 5.74) is 1.33. The van der Waals surface area contributed by atoms with Crippen LogP contribution in [0.25, 0.3) is 0 Å². The van der Waals surface area contributed by atoms with E-state index in [4.69, 9.17) is 4.74 Å². The monoisotopic (exact) mass is 228 g/mol. The lowest BCUT2D eigenvalue weighted by Crippen LogP contribution is -2.19. The molecule has 0 aliphatic rings. The van der Waals surface area contributed by atoms with Gasteiger partial charge in [0.25, 0.3) is 0 Å². The van der Waals surface area contributed by atoms with Gasteiger partial charge in [-0.3, -0.25) is 0 Å². The van der Waals surface area contributed by atoms with Crippen molar-refractivity contribution >= 4 is 11.3 Å². The van der Waals surface area contributed by atoms with Crippen LogP contribution < -0.4 is 5.32 Å². The maximum absolute atomic E-state index is 4.96. The van der Waals surface area contributed by atoms with E-state index in [0.29, 0.717) is 0 Å². The van der Waals surface area contributed by atoms with Crippen molar-refractivity contribution in [1.82, 2.24) is 10.3 Å². The molecule has 0 aromatic carbocycles. The number of nitrogens with one attached hydrogen (secondary N) is 1. The van der Waals surface area contributed by atoms with E-state index < -0.39 is 0 Å². The van der Waals surface area contributed by atoms with Gasteiger partial charge in [-0.1, -0.05) is 20.8 Å². The molecule has 0 amide bonds. The zero-order chi connectivity index (χ0) is 11.3. The van der Waals surface area contributed by atoms with E-state index in [1.54, 1.807) is 18.4 Å². The Hall–Kier alpha value is -0.450. The molecule has 1 heterocycles. The highest BCUT2D eigenvalue weighted by molar-refractivity contribution is 7.09. The van der Waals surface area contributed by atoms with Crippen LogP contribution in [-0.4, -0.2) is 25.2 Å². The van der Waals surface area contributed by atoms with Crippen LogP contribution in [0.5, 0.6) is 0 Å². The van der Waals surface area contributed by atoms with E-state index in [0.717, 1.165) is 24.7 Å². The number of thiazole rings is 1. The Labute approximate surface area is 95.9 Å². The Morgan fingerprint density at radius 2 is 2.20 bits per heavy atom. The summed E-state index contributed by atoms with van der Waals surface area (Å²) in [7, 11) is 1.71. The van der Waals surface area contributed by atoms with Crippen LogP contribution in [0.2, 0.25) is 0 Å². The van der Waals surface area contributed by atoms with Crippen molar-refractivity contribution in [2.75, 3.05) is 20.3 Å². The normalized spacial score (nSPS) is 12.0. The van der Waals surface area contributed by atoms with Gasteiger partial charge in [-0.15, -0.1) is 11.3 Å². The van der Waals surface area contributed by atoms with Crippen molar-refractivity contribution in [2.24, 2.45) is 0 Å². The molecular weight excluding hydrogens is 208 g/mol. The summed E-state index contributed by atoms with van der Waals surface area (Å²) in [4.78, 5) is 4.59. The molecule has 86 valence electrons. The van der Waals surface area contributed by atoms with Gasteiger partial charge in [-0.05, 0) is 0 Å². The number of rotatable bonds is 5. The summed E-state index contributed by atoms with van der Waals surface area (Å²) in [5, 5.41) is 6.59. The maximum Gasteiger partial charge on any atom is 0.107 e. The third-order valence-electron chi connectivity index (χ3n) is 2.08. The SMILES string of the molecule is COCCNCc1nc(C(C)(C)C)cs1. The second-order valence-electron chi connectivity index (χ2n) is 4.55. The van der Waals surface area contributed by atoms with Crippen molar-refractivity contribution in [3.8, 4) is 0 Å². The average molecular weight is 228 g/mol. The van der Waals surface area contributed by atoms with Crippen molar-refractivity contribution in [3.63, 3.8) is 0 Å². The molecule has 0 spiro atoms. The molecule has 0 aliphatic carbocycles. The molecule has 0 radical (unpaired) electrons. The van der Waals surface area contributed by atoms with Crippen LogP contribution >= 0.6 is 11.3 Å². The molecule has 0 saturated heterocycles. The molecule has 0 atom stereocenters. The van der Waals surface area contributed by atoms with E-state index in [-0.39, 0.29) is 5.41 Å². The smallest absolute Gasteiger partial charge is 0.107 e. The lowest BCUT2D eigenvalue weighted by atomic mass is 9.93. The minimum absolute atomic E-state index is 0.154. The highest BCUT2D eigenvalue weighted by Crippen LogP contribution is 2.23. The number of hydrogen-bond acceptors (Lipinski definition) is 4. The molecular formula is C11H20N2OS. The van der Waals surface area contributed by atoms with Gasteiger partial charge in [0.15, 0.2) is 0 Å². The molecule has 0 aliphatic heterocycles. The van der Waals surface area contributed by atoms with E-state index in [1.165, 1.54) is 5.69 Å². The van der Waals surface area contributed by atoms with Crippen molar-refractivity contribution < 1.29 is 4.74 Å². The van der Waals surface area contributed by atoms with Crippen LogP contribution in [0.4, 0.5) is 0 Å². The Morgan fingerprint density at radius 1 is 1.47 bits per heavy atom. The fourth-order valence-corrected chi connectivity index (χ4v) is 2.10. The first-order valence-corrected chi connectivity index (χ1v) is 6.06. The zero-order valence-electron chi connectivity index (χ0n) is 9.96. The second-order valence-corrected chi connectivity index (χ2v) is 5.49. The predicted octanol–water partition coefficient (Wildman–Crippen LogP) is 2.18. The van der Waals surface area contributed by atoms with Crippen LogP contribution in [0.15, 0.2) is 5.38 Å². The van der Waals surface area contributed by atoms with Crippen molar-refractivity contribution in [2.45, 2.75) is 32.7 Å². The van der Waals surface area contributed by atoms with Crippen LogP contribution in [0, 0.1) is 0 Å². The second kappa shape index (κ2) is 5.58. The maximum atomic E-state index is 4.96. The standard InChI is InChI=1S/C11H20N2OS/c1-11(2,3)9-8-15-10(13-9)7-12-5-6-14-4/h8,12H,5-7H2,1-4H3. The Balaban J connectivity index is 2.40. The summed E-state index contributed by atoms with van der Waals surface area (Å²) in [6.07, 6.45) is 0. The highest BCUT2D eigenvalue weighted by atomic mass is 32.1. The first-order valence-electron chi connectivity index (χ1n) is 5.18. The first kappa shape index (κ1) is 12.6. The van der Waals surface area contributed by atoms with Gasteiger partial charge in [0.1, 0.15) is 5.01 Å². The predicted molar refractivity (Wildman–Crippen MR) is 64.4 cm³/mol. The molecule has 0 saturated carbocycles. The van der Waals surface area contributed by atoms with E-state index in [1.807, 2.05) is 0 Å². The molecule has 3 nitrogen and oxygen atoms in total. The van der Waals surface area contributed by atoms with Crippen molar-refractivity contribution in [1.29, 1.82) is 0 Å². The number of hydrogen-bond donors (Lipinski definition) is 1. The number of methoxy groups -OCH3 is 1. The largest absolute Gasteiger partial charge is 0.383 e. The number of ether oxygens (including phenoxy) is 1. The molecule has 4 heteroatoms. The zero-order valence-corrected chi connectivity index (χ0v) is 10.8. The van der Waals surface area contributed by atoms with E-state index in [9.17, 15) is 0 Å². The lowest BCUT2D eigenvalue weighted by Gasteiger charge is -2.14. The Kier molecular flexibility index (Phi) is 4.70. The van der Waals surface area contributed by atoms with Crippen LogP contribution in [0.1, 0.15) is 31.5 Å². The summed E-state index contributed by atoms with van der Waals surface area (Å²) >= 11 is 1.72. The van der Waals surface area contributed by atoms with Gasteiger partial charge >= 0.3 is 0 Å². The van der Waals surface area contributed by atoms with Gasteiger partial charge in [-0.25, -0.2) is 4.98 Å². The highest BCUT2D eigenvalue weighted by Gasteiger charge is 2.16. The van der Waals surface area contributed by atoms with Gasteiger partial charge < -0.3 is 10.1 Å². The topological polar surface area (TPSA) is 34.1 Å². The summed E-state index contributed by atoms with van der Waals surface area (Å²) in [5.74, 6) is 0. The van der Waals surface area contributed by atoms with Gasteiger partial charge in [-0.2, -0.15) is 0 Å². The molecule has 1 N–H and O–H groups in total. The lowest BCUT2D eigenvalue weighted by molar-refractivity contribution is 0.199. The van der Waals surface area contributed by atoms with Crippen LogP contribution in [0.3, 0.4) is 0 Å². The van der Waals surface area contributed by atoms with Gasteiger partial charge in [0.05, 0.1) is 12.3 Å². The third kappa shape index (κ3) is 4.28. The average Bonchev–Trinajstić information content (AvgIpc) is 2.60. The summed E-state index contributed by atoms with van der Waals surface area (Å²) in [6.45, 7) is 9.01. The number of aromatic nitrogens is 1. The van der Waals surface area contributed by atoms with Crippen molar-refractivity contribution in [3.05, 3.63) is 16.1 Å². The fourth-order valence-electron chi connectivity index (χ4n) is 1.11. The van der Waals surface area contributed by atoms with E-state index in [2.05, 4.69) is 36.5 Å². The molecule has 1 aromatic heterocycles. The molecule has 15 heavy (non-hydrogen) atoms. The summed E-state index contributed by atoms with van der Waals surface area (Å²) < 4.78 is 4.96. The van der Waals surface area contributed by atoms with Crippen LogP contribution in [-0.2, 0) is 16.7 Å². The number of nitrogens with zero attached hydrogens (tertiary/aromatic N) is 1. The quantitative estimate of drug-likeness (QED) is 0.784. The molecule has 0 bridgehead atoms. The van der Waals surface area contributed by atoms with E-state index >= 15 is 0 Å². The minimum Gasteiger partial charge on any atom is -0.383 e. The Bertz CT molecular complexity index is 291. The molecule has 0 fully saturated rings. The first-order chi connectivity index (χ1) is 7.04. The molecule has 1 aromatic rings. The van der Waals surface area contributed by atoms with Gasteiger partial charge in [0, 0.05) is 31.0 Å². The minimum atomic E-state index is 0.154.